The Kier molecular flexibility index (Phi) is 4.31. The van der Waals surface area contributed by atoms with Crippen LogP contribution in [-0.4, -0.2) is 41.5 Å². The highest BCUT2D eigenvalue weighted by Gasteiger charge is 2.43. The van der Waals surface area contributed by atoms with Gasteiger partial charge >= 0.3 is 0 Å². The molecule has 1 saturated carbocycles. The topological polar surface area (TPSA) is 29.5 Å². The molecule has 2 aliphatic rings. The van der Waals surface area contributed by atoms with Crippen molar-refractivity contribution in [1.82, 2.24) is 4.90 Å². The number of halogens is 1. The lowest BCUT2D eigenvalue weighted by atomic mass is 9.89. The summed E-state index contributed by atoms with van der Waals surface area (Å²) in [4.78, 5) is 14.6. The molecule has 0 N–H and O–H groups in total. The van der Waals surface area contributed by atoms with Crippen molar-refractivity contribution in [3.63, 3.8) is 0 Å². The molecular weight excluding hydrogens is 238 g/mol. The van der Waals surface area contributed by atoms with Crippen LogP contribution in [0, 0.1) is 0 Å². The summed E-state index contributed by atoms with van der Waals surface area (Å²) in [7, 11) is 0. The number of amides is 1. The lowest BCUT2D eigenvalue weighted by Crippen LogP contribution is -2.53. The molecule has 98 valence electrons. The Balaban J connectivity index is 2.00. The molecule has 0 aromatic rings. The first-order valence-corrected chi connectivity index (χ1v) is 7.22. The highest BCUT2D eigenvalue weighted by atomic mass is 35.5. The molecule has 1 saturated heterocycles. The summed E-state index contributed by atoms with van der Waals surface area (Å²) in [6, 6.07) is 0.437. The summed E-state index contributed by atoms with van der Waals surface area (Å²) in [5, 5.41) is 0. The van der Waals surface area contributed by atoms with Crippen molar-refractivity contribution < 1.29 is 9.53 Å². The minimum Gasteiger partial charge on any atom is -0.365 e. The molecule has 0 bridgehead atoms. The molecule has 1 heterocycles. The van der Waals surface area contributed by atoms with Crippen LogP contribution in [0.5, 0.6) is 0 Å². The Morgan fingerprint density at radius 1 is 1.47 bits per heavy atom. The Morgan fingerprint density at radius 2 is 2.24 bits per heavy atom. The van der Waals surface area contributed by atoms with E-state index >= 15 is 0 Å². The average molecular weight is 260 g/mol. The zero-order valence-corrected chi connectivity index (χ0v) is 11.3. The fraction of sp³-hybridized carbons (Fsp3) is 0.923. The van der Waals surface area contributed by atoms with Crippen LogP contribution in [0.3, 0.4) is 0 Å². The number of hydrogen-bond acceptors (Lipinski definition) is 2. The molecule has 4 heteroatoms. The fourth-order valence-corrected chi connectivity index (χ4v) is 2.75. The first-order valence-electron chi connectivity index (χ1n) is 6.68. The van der Waals surface area contributed by atoms with Gasteiger partial charge in [0.15, 0.2) is 0 Å². The van der Waals surface area contributed by atoms with E-state index < -0.39 is 5.60 Å². The summed E-state index contributed by atoms with van der Waals surface area (Å²) in [5.74, 6) is 0.804. The van der Waals surface area contributed by atoms with Crippen molar-refractivity contribution in [2.75, 3.05) is 19.0 Å². The zero-order valence-electron chi connectivity index (χ0n) is 10.6. The van der Waals surface area contributed by atoms with Crippen LogP contribution < -0.4 is 0 Å². The smallest absolute Gasteiger partial charge is 0.254 e. The van der Waals surface area contributed by atoms with Gasteiger partial charge in [0, 0.05) is 25.1 Å². The van der Waals surface area contributed by atoms with Crippen molar-refractivity contribution in [3.8, 4) is 0 Å². The maximum absolute atomic E-state index is 12.6. The van der Waals surface area contributed by atoms with E-state index in [1.807, 2.05) is 11.8 Å². The van der Waals surface area contributed by atoms with Gasteiger partial charge in [-0.2, -0.15) is 0 Å². The molecule has 0 spiro atoms. The second-order valence-electron chi connectivity index (χ2n) is 5.31. The van der Waals surface area contributed by atoms with Crippen molar-refractivity contribution in [2.45, 2.75) is 57.1 Å². The van der Waals surface area contributed by atoms with E-state index in [-0.39, 0.29) is 5.91 Å². The van der Waals surface area contributed by atoms with Gasteiger partial charge in [0.25, 0.3) is 5.91 Å². The predicted molar refractivity (Wildman–Crippen MR) is 68.3 cm³/mol. The Bertz CT molecular complexity index is 273. The van der Waals surface area contributed by atoms with Gasteiger partial charge in [0.1, 0.15) is 5.60 Å². The molecule has 0 aromatic carbocycles. The lowest BCUT2D eigenvalue weighted by Gasteiger charge is -2.41. The van der Waals surface area contributed by atoms with Gasteiger partial charge in [0.2, 0.25) is 0 Å². The van der Waals surface area contributed by atoms with E-state index in [0.29, 0.717) is 11.9 Å². The van der Waals surface area contributed by atoms with E-state index in [4.69, 9.17) is 16.3 Å². The SMILES string of the molecule is CC1(C(=O)N(CCCCl)C2CCC2)CCCO1. The van der Waals surface area contributed by atoms with Gasteiger partial charge in [-0.15, -0.1) is 11.6 Å². The number of alkyl halides is 1. The third kappa shape index (κ3) is 2.76. The molecule has 1 atom stereocenters. The maximum Gasteiger partial charge on any atom is 0.254 e. The maximum atomic E-state index is 12.6. The number of carbonyl (C=O) groups excluding carboxylic acids is 1. The van der Waals surface area contributed by atoms with Crippen molar-refractivity contribution in [2.24, 2.45) is 0 Å². The van der Waals surface area contributed by atoms with Crippen molar-refractivity contribution >= 4 is 17.5 Å². The summed E-state index contributed by atoms with van der Waals surface area (Å²) < 4.78 is 5.66. The first kappa shape index (κ1) is 13.2. The molecule has 2 rings (SSSR count). The van der Waals surface area contributed by atoms with E-state index in [1.54, 1.807) is 0 Å². The minimum absolute atomic E-state index is 0.185. The standard InChI is InChI=1S/C13H22ClNO2/c1-13(7-3-10-17-13)12(16)15(9-4-8-14)11-5-2-6-11/h11H,2-10H2,1H3. The number of rotatable bonds is 5. The van der Waals surface area contributed by atoms with Crippen LogP contribution in [0.25, 0.3) is 0 Å². The van der Waals surface area contributed by atoms with Crippen LogP contribution in [-0.2, 0) is 9.53 Å². The molecule has 1 aliphatic heterocycles. The van der Waals surface area contributed by atoms with Gasteiger partial charge in [-0.3, -0.25) is 4.79 Å². The van der Waals surface area contributed by atoms with Crippen LogP contribution in [0.1, 0.15) is 45.4 Å². The van der Waals surface area contributed by atoms with Crippen LogP contribution in [0.4, 0.5) is 0 Å². The molecule has 0 radical (unpaired) electrons. The summed E-state index contributed by atoms with van der Waals surface area (Å²) >= 11 is 5.74. The zero-order chi connectivity index (χ0) is 12.3. The highest BCUT2D eigenvalue weighted by molar-refractivity contribution is 6.17. The van der Waals surface area contributed by atoms with Crippen molar-refractivity contribution in [3.05, 3.63) is 0 Å². The molecule has 3 nitrogen and oxygen atoms in total. The third-order valence-electron chi connectivity index (χ3n) is 3.98. The largest absolute Gasteiger partial charge is 0.365 e. The molecule has 17 heavy (non-hydrogen) atoms. The molecular formula is C13H22ClNO2. The molecule has 1 unspecified atom stereocenters. The number of hydrogen-bond donors (Lipinski definition) is 0. The van der Waals surface area contributed by atoms with E-state index in [2.05, 4.69) is 0 Å². The predicted octanol–water partition coefficient (Wildman–Crippen LogP) is 2.57. The lowest BCUT2D eigenvalue weighted by molar-refractivity contribution is -0.155. The highest BCUT2D eigenvalue weighted by Crippen LogP contribution is 2.32. The average Bonchev–Trinajstić information content (AvgIpc) is 2.69. The number of ether oxygens (including phenoxy) is 1. The summed E-state index contributed by atoms with van der Waals surface area (Å²) in [6.45, 7) is 3.44. The Labute approximate surface area is 108 Å². The van der Waals surface area contributed by atoms with Crippen molar-refractivity contribution in [1.29, 1.82) is 0 Å². The fourth-order valence-electron chi connectivity index (χ4n) is 2.63. The second-order valence-corrected chi connectivity index (χ2v) is 5.69. The van der Waals surface area contributed by atoms with Gasteiger partial charge in [0.05, 0.1) is 0 Å². The molecule has 1 amide bonds. The van der Waals surface area contributed by atoms with Gasteiger partial charge in [-0.25, -0.2) is 0 Å². The summed E-state index contributed by atoms with van der Waals surface area (Å²) in [6.07, 6.45) is 6.26. The Hall–Kier alpha value is -0.280. The monoisotopic (exact) mass is 259 g/mol. The van der Waals surface area contributed by atoms with Crippen LogP contribution >= 0.6 is 11.6 Å². The Morgan fingerprint density at radius 3 is 2.71 bits per heavy atom. The van der Waals surface area contributed by atoms with Gasteiger partial charge in [-0.1, -0.05) is 0 Å². The van der Waals surface area contributed by atoms with Gasteiger partial charge < -0.3 is 9.64 Å². The summed E-state index contributed by atoms with van der Waals surface area (Å²) in [5.41, 5.74) is -0.568. The minimum atomic E-state index is -0.568. The van der Waals surface area contributed by atoms with E-state index in [0.717, 1.165) is 45.3 Å². The number of nitrogens with zero attached hydrogens (tertiary/aromatic N) is 1. The normalized spacial score (nSPS) is 29.1. The molecule has 1 aliphatic carbocycles. The van der Waals surface area contributed by atoms with Gasteiger partial charge in [-0.05, 0) is 45.4 Å². The molecule has 2 fully saturated rings. The van der Waals surface area contributed by atoms with Crippen LogP contribution in [0.15, 0.2) is 0 Å². The van der Waals surface area contributed by atoms with E-state index in [9.17, 15) is 4.79 Å². The first-order chi connectivity index (χ1) is 8.17. The van der Waals surface area contributed by atoms with Crippen LogP contribution in [0.2, 0.25) is 0 Å². The third-order valence-corrected chi connectivity index (χ3v) is 4.25. The molecule has 0 aromatic heterocycles. The number of carbonyl (C=O) groups is 1. The van der Waals surface area contributed by atoms with E-state index in [1.165, 1.54) is 6.42 Å². The second kappa shape index (κ2) is 5.57. The quantitative estimate of drug-likeness (QED) is 0.711.